The van der Waals surface area contributed by atoms with Gasteiger partial charge >= 0.3 is 6.09 Å². The van der Waals surface area contributed by atoms with E-state index in [1.807, 2.05) is 49.4 Å². The molecule has 7 heteroatoms. The molecule has 6 nitrogen and oxygen atoms in total. The number of para-hydroxylation sites is 1. The molecular weight excluding hydrogens is 397 g/mol. The number of alkyl carbamates (subject to hydrolysis) is 1. The molecule has 0 radical (unpaired) electrons. The van der Waals surface area contributed by atoms with Crippen LogP contribution in [0.15, 0.2) is 77.8 Å². The molecule has 2 N–H and O–H groups in total. The van der Waals surface area contributed by atoms with Gasteiger partial charge < -0.3 is 10.1 Å². The zero-order valence-electron chi connectivity index (χ0n) is 16.8. The number of hydrogen-bond acceptors (Lipinski definition) is 4. The molecule has 0 saturated carbocycles. The number of halogens is 1. The standard InChI is InChI=1S/C24H20FN3O3/c1-15-7-5-12-19-20(15)27-23(29)22(26-21(19)17-10-6-11-18(25)13-17)28-24(30)31-14-16-8-3-2-4-9-16/h2-13,22H,14H2,1H3,(H,27,29)(H,28,30). The van der Waals surface area contributed by atoms with Gasteiger partial charge in [-0.2, -0.15) is 0 Å². The van der Waals surface area contributed by atoms with Crippen LogP contribution >= 0.6 is 0 Å². The predicted molar refractivity (Wildman–Crippen MR) is 115 cm³/mol. The maximum absolute atomic E-state index is 13.9. The van der Waals surface area contributed by atoms with Gasteiger partial charge in [0.25, 0.3) is 5.91 Å². The Morgan fingerprint density at radius 2 is 1.87 bits per heavy atom. The summed E-state index contributed by atoms with van der Waals surface area (Å²) in [6.07, 6.45) is -2.03. The summed E-state index contributed by atoms with van der Waals surface area (Å²) in [7, 11) is 0. The number of rotatable bonds is 4. The van der Waals surface area contributed by atoms with Crippen LogP contribution in [0.2, 0.25) is 0 Å². The second kappa shape index (κ2) is 8.79. The van der Waals surface area contributed by atoms with Gasteiger partial charge in [-0.05, 0) is 30.2 Å². The van der Waals surface area contributed by atoms with E-state index in [2.05, 4.69) is 15.6 Å². The maximum atomic E-state index is 13.9. The van der Waals surface area contributed by atoms with Crippen molar-refractivity contribution in [2.45, 2.75) is 19.7 Å². The number of benzene rings is 3. The fourth-order valence-electron chi connectivity index (χ4n) is 3.32. The number of carbonyl (C=O) groups excluding carboxylic acids is 2. The van der Waals surface area contributed by atoms with Crippen molar-refractivity contribution in [3.63, 3.8) is 0 Å². The van der Waals surface area contributed by atoms with Crippen LogP contribution in [0.4, 0.5) is 14.9 Å². The van der Waals surface area contributed by atoms with Crippen LogP contribution in [0.25, 0.3) is 0 Å². The number of hydrogen-bond donors (Lipinski definition) is 2. The second-order valence-electron chi connectivity index (χ2n) is 7.08. The van der Waals surface area contributed by atoms with E-state index in [1.54, 1.807) is 18.2 Å². The first-order valence-corrected chi connectivity index (χ1v) is 9.73. The molecule has 0 bridgehead atoms. The lowest BCUT2D eigenvalue weighted by molar-refractivity contribution is -0.117. The van der Waals surface area contributed by atoms with Gasteiger partial charge in [0, 0.05) is 11.1 Å². The molecule has 0 fully saturated rings. The Morgan fingerprint density at radius 1 is 1.10 bits per heavy atom. The van der Waals surface area contributed by atoms with Crippen LogP contribution in [-0.4, -0.2) is 23.9 Å². The highest BCUT2D eigenvalue weighted by Gasteiger charge is 2.28. The summed E-state index contributed by atoms with van der Waals surface area (Å²) < 4.78 is 19.1. The monoisotopic (exact) mass is 417 g/mol. The van der Waals surface area contributed by atoms with Crippen molar-refractivity contribution in [3.8, 4) is 0 Å². The highest BCUT2D eigenvalue weighted by molar-refractivity contribution is 6.20. The Morgan fingerprint density at radius 3 is 2.65 bits per heavy atom. The van der Waals surface area contributed by atoms with Crippen molar-refractivity contribution < 1.29 is 18.7 Å². The number of ether oxygens (including phenoxy) is 1. The fraction of sp³-hybridized carbons (Fsp3) is 0.125. The van der Waals surface area contributed by atoms with Crippen molar-refractivity contribution in [2.75, 3.05) is 5.32 Å². The third-order valence-electron chi connectivity index (χ3n) is 4.85. The fourth-order valence-corrected chi connectivity index (χ4v) is 3.32. The third-order valence-corrected chi connectivity index (χ3v) is 4.85. The Bertz CT molecular complexity index is 1160. The average molecular weight is 417 g/mol. The average Bonchev–Trinajstić information content (AvgIpc) is 2.91. The lowest BCUT2D eigenvalue weighted by atomic mass is 9.98. The summed E-state index contributed by atoms with van der Waals surface area (Å²) in [5, 5.41) is 5.31. The minimum absolute atomic E-state index is 0.0564. The molecule has 0 aliphatic carbocycles. The zero-order valence-corrected chi connectivity index (χ0v) is 16.8. The molecule has 0 saturated heterocycles. The molecule has 31 heavy (non-hydrogen) atoms. The Kier molecular flexibility index (Phi) is 5.75. The first-order valence-electron chi connectivity index (χ1n) is 9.73. The van der Waals surface area contributed by atoms with Gasteiger partial charge in [-0.1, -0.05) is 60.7 Å². The van der Waals surface area contributed by atoms with Crippen LogP contribution in [-0.2, 0) is 16.1 Å². The molecule has 4 rings (SSSR count). The van der Waals surface area contributed by atoms with Gasteiger partial charge in [-0.25, -0.2) is 14.2 Å². The number of aryl methyl sites for hydroxylation is 1. The molecule has 156 valence electrons. The number of fused-ring (bicyclic) bond motifs is 1. The van der Waals surface area contributed by atoms with E-state index in [9.17, 15) is 14.0 Å². The highest BCUT2D eigenvalue weighted by atomic mass is 19.1. The molecule has 0 aromatic heterocycles. The molecule has 1 atom stereocenters. The highest BCUT2D eigenvalue weighted by Crippen LogP contribution is 2.27. The molecule has 3 aromatic carbocycles. The smallest absolute Gasteiger partial charge is 0.409 e. The lowest BCUT2D eigenvalue weighted by Gasteiger charge is -2.14. The minimum Gasteiger partial charge on any atom is -0.445 e. The van der Waals surface area contributed by atoms with Gasteiger partial charge in [-0.3, -0.25) is 10.1 Å². The number of nitrogens with zero attached hydrogens (tertiary/aromatic N) is 1. The number of nitrogens with one attached hydrogen (secondary N) is 2. The predicted octanol–water partition coefficient (Wildman–Crippen LogP) is 4.18. The Labute approximate surface area is 178 Å². The van der Waals surface area contributed by atoms with Crippen molar-refractivity contribution >= 4 is 23.4 Å². The topological polar surface area (TPSA) is 79.8 Å². The molecular formula is C24H20FN3O3. The number of aliphatic imine (C=N–C) groups is 1. The Balaban J connectivity index is 1.64. The summed E-state index contributed by atoms with van der Waals surface area (Å²) in [6.45, 7) is 1.91. The molecule has 1 aliphatic heterocycles. The van der Waals surface area contributed by atoms with Crippen LogP contribution in [0.1, 0.15) is 22.3 Å². The summed E-state index contributed by atoms with van der Waals surface area (Å²) >= 11 is 0. The molecule has 0 spiro atoms. The maximum Gasteiger partial charge on any atom is 0.409 e. The van der Waals surface area contributed by atoms with E-state index in [0.29, 0.717) is 22.5 Å². The molecule has 1 heterocycles. The second-order valence-corrected chi connectivity index (χ2v) is 7.08. The van der Waals surface area contributed by atoms with Crippen molar-refractivity contribution in [3.05, 3.63) is 101 Å². The first-order chi connectivity index (χ1) is 15.0. The van der Waals surface area contributed by atoms with E-state index in [4.69, 9.17) is 4.74 Å². The van der Waals surface area contributed by atoms with E-state index >= 15 is 0 Å². The Hall–Kier alpha value is -4.00. The van der Waals surface area contributed by atoms with Gasteiger partial charge in [-0.15, -0.1) is 0 Å². The summed E-state index contributed by atoms with van der Waals surface area (Å²) in [5.41, 5.74) is 3.73. The largest absolute Gasteiger partial charge is 0.445 e. The van der Waals surface area contributed by atoms with E-state index in [1.165, 1.54) is 12.1 Å². The van der Waals surface area contributed by atoms with E-state index in [-0.39, 0.29) is 6.61 Å². The van der Waals surface area contributed by atoms with E-state index in [0.717, 1.165) is 11.1 Å². The number of anilines is 1. The van der Waals surface area contributed by atoms with Crippen LogP contribution in [0, 0.1) is 12.7 Å². The molecule has 2 amide bonds. The summed E-state index contributed by atoms with van der Waals surface area (Å²) in [6, 6.07) is 20.6. The molecule has 1 aliphatic rings. The number of amides is 2. The molecule has 1 unspecified atom stereocenters. The SMILES string of the molecule is Cc1cccc2c1NC(=O)C(NC(=O)OCc1ccccc1)N=C2c1cccc(F)c1. The third kappa shape index (κ3) is 4.61. The normalized spacial score (nSPS) is 15.2. The number of carbonyl (C=O) groups is 2. The van der Waals surface area contributed by atoms with Crippen LogP contribution in [0.3, 0.4) is 0 Å². The van der Waals surface area contributed by atoms with Crippen molar-refractivity contribution in [1.82, 2.24) is 5.32 Å². The van der Waals surface area contributed by atoms with Gasteiger partial charge in [0.15, 0.2) is 0 Å². The van der Waals surface area contributed by atoms with Gasteiger partial charge in [0.2, 0.25) is 6.17 Å². The van der Waals surface area contributed by atoms with Crippen molar-refractivity contribution in [2.24, 2.45) is 4.99 Å². The first kappa shape index (κ1) is 20.3. The van der Waals surface area contributed by atoms with E-state index < -0.39 is 24.0 Å². The van der Waals surface area contributed by atoms with Crippen LogP contribution in [0.5, 0.6) is 0 Å². The van der Waals surface area contributed by atoms with Crippen LogP contribution < -0.4 is 10.6 Å². The summed E-state index contributed by atoms with van der Waals surface area (Å²) in [4.78, 5) is 29.6. The minimum atomic E-state index is -1.24. The summed E-state index contributed by atoms with van der Waals surface area (Å²) in [5.74, 6) is -0.941. The molecule has 3 aromatic rings. The number of benzodiazepines with no additional fused rings is 1. The lowest BCUT2D eigenvalue weighted by Crippen LogP contribution is -2.42. The van der Waals surface area contributed by atoms with Crippen molar-refractivity contribution in [1.29, 1.82) is 0 Å². The van der Waals surface area contributed by atoms with Gasteiger partial charge in [0.1, 0.15) is 12.4 Å². The quantitative estimate of drug-likeness (QED) is 0.669. The van der Waals surface area contributed by atoms with Gasteiger partial charge in [0.05, 0.1) is 11.4 Å². The zero-order chi connectivity index (χ0) is 21.8.